The smallest absolute Gasteiger partial charge is 0.404 e. The van der Waals surface area contributed by atoms with Crippen molar-refractivity contribution in [1.29, 1.82) is 0 Å². The van der Waals surface area contributed by atoms with E-state index < -0.39 is 4.92 Å². The lowest BCUT2D eigenvalue weighted by Gasteiger charge is -1.85. The van der Waals surface area contributed by atoms with Gasteiger partial charge in [0.25, 0.3) is 0 Å². The van der Waals surface area contributed by atoms with Crippen LogP contribution in [-0.4, -0.2) is 22.2 Å². The maximum atomic E-state index is 10.4. The molecular formula is C9H8N4O4. The van der Waals surface area contributed by atoms with Crippen LogP contribution in [0.25, 0.3) is 12.2 Å². The number of hydrogen-bond acceptors (Lipinski definition) is 7. The Balaban J connectivity index is 2.11. The van der Waals surface area contributed by atoms with Gasteiger partial charge >= 0.3 is 11.9 Å². The molecule has 0 aromatic carbocycles. The van der Waals surface area contributed by atoms with Gasteiger partial charge in [0.2, 0.25) is 5.89 Å². The third-order valence-corrected chi connectivity index (χ3v) is 1.84. The van der Waals surface area contributed by atoms with Gasteiger partial charge in [0.05, 0.1) is 6.07 Å². The topological polar surface area (TPSA) is 107 Å². The number of nitrogens with zero attached hydrogens (tertiary/aromatic N) is 3. The first-order valence-corrected chi connectivity index (χ1v) is 4.62. The largest absolute Gasteiger partial charge is 0.433 e. The summed E-state index contributed by atoms with van der Waals surface area (Å²) in [7, 11) is 1.65. The molecule has 8 heteroatoms. The third-order valence-electron chi connectivity index (χ3n) is 1.84. The van der Waals surface area contributed by atoms with Crippen LogP contribution in [0, 0.1) is 10.1 Å². The van der Waals surface area contributed by atoms with Gasteiger partial charge in [-0.1, -0.05) is 5.10 Å². The molecule has 0 spiro atoms. The van der Waals surface area contributed by atoms with E-state index >= 15 is 0 Å². The molecule has 0 unspecified atom stereocenters. The van der Waals surface area contributed by atoms with Crippen molar-refractivity contribution in [3.8, 4) is 0 Å². The van der Waals surface area contributed by atoms with Crippen LogP contribution in [0.4, 0.5) is 11.9 Å². The Labute approximate surface area is 95.1 Å². The molecule has 2 aromatic heterocycles. The average molecular weight is 236 g/mol. The van der Waals surface area contributed by atoms with Gasteiger partial charge in [-0.2, -0.15) is 0 Å². The van der Waals surface area contributed by atoms with Gasteiger partial charge in [0.1, 0.15) is 10.7 Å². The van der Waals surface area contributed by atoms with E-state index in [0.717, 1.165) is 0 Å². The molecule has 17 heavy (non-hydrogen) atoms. The van der Waals surface area contributed by atoms with Crippen molar-refractivity contribution in [2.45, 2.75) is 0 Å². The van der Waals surface area contributed by atoms with Crippen LogP contribution in [0.1, 0.15) is 11.7 Å². The quantitative estimate of drug-likeness (QED) is 0.636. The van der Waals surface area contributed by atoms with Crippen LogP contribution < -0.4 is 5.32 Å². The van der Waals surface area contributed by atoms with Crippen molar-refractivity contribution < 1.29 is 13.8 Å². The number of aromatic nitrogens is 2. The van der Waals surface area contributed by atoms with E-state index in [9.17, 15) is 10.1 Å². The molecule has 0 aliphatic heterocycles. The Hall–Kier alpha value is -2.64. The maximum Gasteiger partial charge on any atom is 0.433 e. The lowest BCUT2D eigenvalue weighted by molar-refractivity contribution is -0.402. The van der Waals surface area contributed by atoms with Crippen molar-refractivity contribution in [2.24, 2.45) is 0 Å². The second kappa shape index (κ2) is 4.47. The SMILES string of the molecule is CNc1nnc(C=Cc2ccc([N+](=O)[O-])o2)o1. The lowest BCUT2D eigenvalue weighted by Crippen LogP contribution is -1.85. The van der Waals surface area contributed by atoms with Gasteiger partial charge in [-0.15, -0.1) is 5.10 Å². The molecule has 0 aliphatic rings. The van der Waals surface area contributed by atoms with Gasteiger partial charge in [-0.3, -0.25) is 10.1 Å². The fraction of sp³-hybridized carbons (Fsp3) is 0.111. The summed E-state index contributed by atoms with van der Waals surface area (Å²) in [6, 6.07) is 3.03. The first kappa shape index (κ1) is 10.9. The molecule has 2 aromatic rings. The highest BCUT2D eigenvalue weighted by atomic mass is 16.6. The van der Waals surface area contributed by atoms with Crippen molar-refractivity contribution >= 4 is 24.1 Å². The maximum absolute atomic E-state index is 10.4. The molecular weight excluding hydrogens is 228 g/mol. The summed E-state index contributed by atoms with van der Waals surface area (Å²) in [5.41, 5.74) is 0. The van der Waals surface area contributed by atoms with Gasteiger partial charge in [0.15, 0.2) is 0 Å². The average Bonchev–Trinajstić information content (AvgIpc) is 2.95. The molecule has 2 rings (SSSR count). The Morgan fingerprint density at radius 3 is 2.76 bits per heavy atom. The van der Waals surface area contributed by atoms with Crippen LogP contribution in [0.2, 0.25) is 0 Å². The van der Waals surface area contributed by atoms with E-state index in [1.165, 1.54) is 24.3 Å². The second-order valence-corrected chi connectivity index (χ2v) is 2.96. The lowest BCUT2D eigenvalue weighted by atomic mass is 10.4. The van der Waals surface area contributed by atoms with Gasteiger partial charge in [-0.05, 0) is 12.1 Å². The molecule has 1 N–H and O–H groups in total. The van der Waals surface area contributed by atoms with Crippen LogP contribution in [0.5, 0.6) is 0 Å². The fourth-order valence-corrected chi connectivity index (χ4v) is 1.09. The number of rotatable bonds is 4. The molecule has 0 amide bonds. The monoisotopic (exact) mass is 236 g/mol. The van der Waals surface area contributed by atoms with E-state index in [4.69, 9.17) is 8.83 Å². The molecule has 0 saturated heterocycles. The van der Waals surface area contributed by atoms with Crippen molar-refractivity contribution in [1.82, 2.24) is 10.2 Å². The van der Waals surface area contributed by atoms with E-state index in [1.807, 2.05) is 0 Å². The molecule has 8 nitrogen and oxygen atoms in total. The number of nitrogens with one attached hydrogen (secondary N) is 1. The molecule has 0 fully saturated rings. The predicted octanol–water partition coefficient (Wildman–Crippen LogP) is 1.78. The highest BCUT2D eigenvalue weighted by molar-refractivity contribution is 5.63. The Morgan fingerprint density at radius 1 is 1.35 bits per heavy atom. The third kappa shape index (κ3) is 2.48. The summed E-state index contributed by atoms with van der Waals surface area (Å²) in [5, 5.41) is 20.4. The minimum atomic E-state index is -0.608. The first-order chi connectivity index (χ1) is 8.19. The van der Waals surface area contributed by atoms with Crippen molar-refractivity contribution in [3.05, 3.63) is 33.9 Å². The molecule has 0 aliphatic carbocycles. The zero-order chi connectivity index (χ0) is 12.3. The zero-order valence-corrected chi connectivity index (χ0v) is 8.78. The van der Waals surface area contributed by atoms with Crippen LogP contribution in [0.15, 0.2) is 21.0 Å². The van der Waals surface area contributed by atoms with Crippen LogP contribution in [-0.2, 0) is 0 Å². The normalized spacial score (nSPS) is 10.9. The van der Waals surface area contributed by atoms with E-state index in [0.29, 0.717) is 5.76 Å². The van der Waals surface area contributed by atoms with Crippen LogP contribution in [0.3, 0.4) is 0 Å². The van der Waals surface area contributed by atoms with Crippen molar-refractivity contribution in [2.75, 3.05) is 12.4 Å². The minimum absolute atomic E-state index is 0.272. The fourth-order valence-electron chi connectivity index (χ4n) is 1.09. The van der Waals surface area contributed by atoms with E-state index in [2.05, 4.69) is 15.5 Å². The highest BCUT2D eigenvalue weighted by Gasteiger charge is 2.10. The molecule has 88 valence electrons. The molecule has 0 bridgehead atoms. The highest BCUT2D eigenvalue weighted by Crippen LogP contribution is 2.17. The summed E-state index contributed by atoms with van der Waals surface area (Å²) in [6.45, 7) is 0. The predicted molar refractivity (Wildman–Crippen MR) is 58.1 cm³/mol. The Bertz CT molecular complexity index is 557. The first-order valence-electron chi connectivity index (χ1n) is 4.62. The number of nitro groups is 1. The summed E-state index contributed by atoms with van der Waals surface area (Å²) in [4.78, 5) is 9.76. The van der Waals surface area contributed by atoms with Crippen LogP contribution >= 0.6 is 0 Å². The van der Waals surface area contributed by atoms with Gasteiger partial charge < -0.3 is 14.2 Å². The number of furan rings is 1. The molecule has 0 saturated carbocycles. The summed E-state index contributed by atoms with van der Waals surface area (Å²) >= 11 is 0. The Morgan fingerprint density at radius 2 is 2.18 bits per heavy atom. The minimum Gasteiger partial charge on any atom is -0.404 e. The number of hydrogen-bond donors (Lipinski definition) is 1. The van der Waals surface area contributed by atoms with Gasteiger partial charge in [0, 0.05) is 13.1 Å². The van der Waals surface area contributed by atoms with E-state index in [1.54, 1.807) is 7.05 Å². The Kier molecular flexibility index (Phi) is 2.86. The number of anilines is 1. The second-order valence-electron chi connectivity index (χ2n) is 2.96. The molecule has 0 radical (unpaired) electrons. The molecule has 2 heterocycles. The van der Waals surface area contributed by atoms with Gasteiger partial charge in [-0.25, -0.2) is 0 Å². The van der Waals surface area contributed by atoms with Crippen molar-refractivity contribution in [3.63, 3.8) is 0 Å². The summed E-state index contributed by atoms with van der Waals surface area (Å²) in [6.07, 6.45) is 3.00. The summed E-state index contributed by atoms with van der Waals surface area (Å²) < 4.78 is 10.0. The zero-order valence-electron chi connectivity index (χ0n) is 8.78. The summed E-state index contributed by atoms with van der Waals surface area (Å²) in [5.74, 6) is 0.292. The van der Waals surface area contributed by atoms with E-state index in [-0.39, 0.29) is 17.8 Å². The standard InChI is InChI=1S/C9H8N4O4/c1-10-9-12-11-7(17-9)4-2-6-3-5-8(16-6)13(14)15/h2-5H,1H3,(H,10,12). The molecule has 0 atom stereocenters.